The molecule has 1 atom stereocenters. The Labute approximate surface area is 182 Å². The fourth-order valence-corrected chi connectivity index (χ4v) is 5.30. The maximum absolute atomic E-state index is 13.5. The number of benzene rings is 2. The first-order chi connectivity index (χ1) is 14.7. The minimum absolute atomic E-state index is 0.0306. The predicted molar refractivity (Wildman–Crippen MR) is 115 cm³/mol. The Morgan fingerprint density at radius 3 is 2.32 bits per heavy atom. The fourth-order valence-electron chi connectivity index (χ4n) is 3.82. The number of nitrogens with zero attached hydrogens (tertiary/aromatic N) is 2. The van der Waals surface area contributed by atoms with Gasteiger partial charge in [0.05, 0.1) is 4.90 Å². The molecule has 0 N–H and O–H groups in total. The molecule has 1 amide bonds. The number of piperidine rings is 1. The van der Waals surface area contributed by atoms with E-state index in [1.54, 1.807) is 0 Å². The van der Waals surface area contributed by atoms with E-state index < -0.39 is 21.7 Å². The van der Waals surface area contributed by atoms with Crippen LogP contribution in [-0.4, -0.2) is 42.7 Å². The van der Waals surface area contributed by atoms with Crippen molar-refractivity contribution in [3.8, 4) is 0 Å². The molecule has 1 heterocycles. The van der Waals surface area contributed by atoms with Gasteiger partial charge in [-0.2, -0.15) is 4.31 Å². The van der Waals surface area contributed by atoms with Crippen LogP contribution in [0.3, 0.4) is 0 Å². The summed E-state index contributed by atoms with van der Waals surface area (Å²) in [6, 6.07) is 12.4. The Morgan fingerprint density at radius 1 is 1.10 bits per heavy atom. The largest absolute Gasteiger partial charge is 0.335 e. The van der Waals surface area contributed by atoms with Gasteiger partial charge in [0.15, 0.2) is 11.6 Å². The molecule has 1 aliphatic heterocycles. The lowest BCUT2D eigenvalue weighted by Crippen LogP contribution is -2.46. The summed E-state index contributed by atoms with van der Waals surface area (Å²) in [6.45, 7) is 4.90. The second-order valence-corrected chi connectivity index (χ2v) is 9.90. The van der Waals surface area contributed by atoms with Crippen LogP contribution in [0.1, 0.15) is 38.7 Å². The second kappa shape index (κ2) is 9.87. The highest BCUT2D eigenvalue weighted by molar-refractivity contribution is 7.89. The minimum atomic E-state index is -3.94. The van der Waals surface area contributed by atoms with E-state index in [1.807, 2.05) is 49.1 Å². The zero-order valence-electron chi connectivity index (χ0n) is 17.8. The van der Waals surface area contributed by atoms with Crippen molar-refractivity contribution in [3.05, 3.63) is 65.7 Å². The molecule has 2 aromatic carbocycles. The van der Waals surface area contributed by atoms with E-state index in [1.165, 1.54) is 4.31 Å². The summed E-state index contributed by atoms with van der Waals surface area (Å²) in [5, 5.41) is 0. The lowest BCUT2D eigenvalue weighted by molar-refractivity contribution is -0.139. The van der Waals surface area contributed by atoms with Crippen LogP contribution in [0.5, 0.6) is 0 Å². The van der Waals surface area contributed by atoms with Crippen LogP contribution in [0.4, 0.5) is 8.78 Å². The molecular weight excluding hydrogens is 422 g/mol. The summed E-state index contributed by atoms with van der Waals surface area (Å²) in [5.74, 6) is -2.53. The number of hydrogen-bond donors (Lipinski definition) is 0. The molecule has 2 aromatic rings. The number of carbonyl (C=O) groups excluding carboxylic acids is 1. The van der Waals surface area contributed by atoms with Crippen LogP contribution < -0.4 is 0 Å². The topological polar surface area (TPSA) is 57.7 Å². The number of hydrogen-bond acceptors (Lipinski definition) is 3. The monoisotopic (exact) mass is 450 g/mol. The summed E-state index contributed by atoms with van der Waals surface area (Å²) in [6.07, 6.45) is 1.61. The minimum Gasteiger partial charge on any atom is -0.335 e. The molecule has 0 radical (unpaired) electrons. The van der Waals surface area contributed by atoms with Crippen molar-refractivity contribution in [1.82, 2.24) is 9.21 Å². The van der Waals surface area contributed by atoms with Gasteiger partial charge in [-0.1, -0.05) is 37.3 Å². The molecule has 0 aliphatic carbocycles. The third-order valence-electron chi connectivity index (χ3n) is 5.93. The molecule has 1 saturated heterocycles. The Bertz CT molecular complexity index is 1010. The summed E-state index contributed by atoms with van der Waals surface area (Å²) < 4.78 is 53.5. The standard InChI is InChI=1S/C23H28F2N2O3S/c1-3-17(2)27(16-18-7-5-4-6-8-18)23(28)19-11-13-26(14-12-19)31(29,30)20-9-10-21(24)22(25)15-20/h4-10,15,17,19H,3,11-14,16H2,1-2H3. The third kappa shape index (κ3) is 5.30. The lowest BCUT2D eigenvalue weighted by atomic mass is 9.95. The molecular formula is C23H28F2N2O3S. The highest BCUT2D eigenvalue weighted by atomic mass is 32.2. The van der Waals surface area contributed by atoms with E-state index in [2.05, 4.69) is 0 Å². The maximum Gasteiger partial charge on any atom is 0.243 e. The van der Waals surface area contributed by atoms with Gasteiger partial charge in [0, 0.05) is 31.6 Å². The first-order valence-electron chi connectivity index (χ1n) is 10.5. The smallest absolute Gasteiger partial charge is 0.243 e. The first kappa shape index (κ1) is 23.3. The normalized spacial score (nSPS) is 16.8. The van der Waals surface area contributed by atoms with Crippen molar-refractivity contribution < 1.29 is 22.0 Å². The summed E-state index contributed by atoms with van der Waals surface area (Å²) in [4.78, 5) is 14.9. The van der Waals surface area contributed by atoms with Crippen LogP contribution in [0.15, 0.2) is 53.4 Å². The van der Waals surface area contributed by atoms with Gasteiger partial charge in [0.2, 0.25) is 15.9 Å². The Balaban J connectivity index is 1.69. The molecule has 31 heavy (non-hydrogen) atoms. The van der Waals surface area contributed by atoms with Gasteiger partial charge in [-0.25, -0.2) is 17.2 Å². The molecule has 0 saturated carbocycles. The van der Waals surface area contributed by atoms with Crippen LogP contribution in [0.25, 0.3) is 0 Å². The van der Waals surface area contributed by atoms with Crippen LogP contribution in [-0.2, 0) is 21.4 Å². The quantitative estimate of drug-likeness (QED) is 0.636. The highest BCUT2D eigenvalue weighted by Crippen LogP contribution is 2.27. The summed E-state index contributed by atoms with van der Waals surface area (Å²) in [5.41, 5.74) is 1.05. The molecule has 168 valence electrons. The molecule has 1 fully saturated rings. The van der Waals surface area contributed by atoms with Gasteiger partial charge in [0.25, 0.3) is 0 Å². The van der Waals surface area contributed by atoms with Gasteiger partial charge < -0.3 is 4.90 Å². The van der Waals surface area contributed by atoms with Gasteiger partial charge in [-0.05, 0) is 49.9 Å². The van der Waals surface area contributed by atoms with Gasteiger partial charge in [-0.15, -0.1) is 0 Å². The maximum atomic E-state index is 13.5. The fraction of sp³-hybridized carbons (Fsp3) is 0.435. The van der Waals surface area contributed by atoms with E-state index in [9.17, 15) is 22.0 Å². The molecule has 1 unspecified atom stereocenters. The van der Waals surface area contributed by atoms with E-state index in [0.717, 1.165) is 24.1 Å². The Hall–Kier alpha value is -2.32. The number of halogens is 2. The molecule has 5 nitrogen and oxygen atoms in total. The van der Waals surface area contributed by atoms with Gasteiger partial charge >= 0.3 is 0 Å². The van der Waals surface area contributed by atoms with Crippen molar-refractivity contribution in [3.63, 3.8) is 0 Å². The summed E-state index contributed by atoms with van der Waals surface area (Å²) in [7, 11) is -3.94. The van der Waals surface area contributed by atoms with E-state index in [4.69, 9.17) is 0 Å². The highest BCUT2D eigenvalue weighted by Gasteiger charge is 2.35. The zero-order valence-corrected chi connectivity index (χ0v) is 18.6. The van der Waals surface area contributed by atoms with Crippen molar-refractivity contribution in [1.29, 1.82) is 0 Å². The van der Waals surface area contributed by atoms with Crippen molar-refractivity contribution >= 4 is 15.9 Å². The number of sulfonamides is 1. The molecule has 0 aromatic heterocycles. The third-order valence-corrected chi connectivity index (χ3v) is 7.83. The Kier molecular flexibility index (Phi) is 7.43. The molecule has 3 rings (SSSR count). The lowest BCUT2D eigenvalue weighted by Gasteiger charge is -2.36. The number of carbonyl (C=O) groups is 1. The van der Waals surface area contributed by atoms with E-state index >= 15 is 0 Å². The van der Waals surface area contributed by atoms with Crippen molar-refractivity contribution in [2.45, 2.75) is 50.6 Å². The molecule has 8 heteroatoms. The van der Waals surface area contributed by atoms with Crippen LogP contribution in [0.2, 0.25) is 0 Å². The average molecular weight is 451 g/mol. The average Bonchev–Trinajstić information content (AvgIpc) is 2.79. The zero-order chi connectivity index (χ0) is 22.6. The van der Waals surface area contributed by atoms with Gasteiger partial charge in [-0.3, -0.25) is 4.79 Å². The molecule has 1 aliphatic rings. The van der Waals surface area contributed by atoms with Crippen molar-refractivity contribution in [2.75, 3.05) is 13.1 Å². The van der Waals surface area contributed by atoms with E-state index in [-0.39, 0.29) is 35.9 Å². The summed E-state index contributed by atoms with van der Waals surface area (Å²) >= 11 is 0. The van der Waals surface area contributed by atoms with E-state index in [0.29, 0.717) is 25.5 Å². The number of rotatable bonds is 7. The van der Waals surface area contributed by atoms with Crippen LogP contribution in [0, 0.1) is 17.6 Å². The molecule has 0 spiro atoms. The molecule has 0 bridgehead atoms. The SMILES string of the molecule is CCC(C)N(Cc1ccccc1)C(=O)C1CCN(S(=O)(=O)c2ccc(F)c(F)c2)CC1. The second-order valence-electron chi connectivity index (χ2n) is 7.96. The predicted octanol–water partition coefficient (Wildman–Crippen LogP) is 4.19. The van der Waals surface area contributed by atoms with Crippen LogP contribution >= 0.6 is 0 Å². The van der Waals surface area contributed by atoms with Crippen molar-refractivity contribution in [2.24, 2.45) is 5.92 Å². The first-order valence-corrected chi connectivity index (χ1v) is 12.0. The number of amides is 1. The Morgan fingerprint density at radius 2 is 1.74 bits per heavy atom. The van der Waals surface area contributed by atoms with Gasteiger partial charge in [0.1, 0.15) is 0 Å².